The highest BCUT2D eigenvalue weighted by atomic mass is 16.5. The van der Waals surface area contributed by atoms with Crippen molar-refractivity contribution in [3.63, 3.8) is 0 Å². The van der Waals surface area contributed by atoms with Crippen molar-refractivity contribution in [3.05, 3.63) is 16.8 Å². The quantitative estimate of drug-likeness (QED) is 0.423. The number of unbranched alkanes of at least 4 members (excludes halogenated alkanes) is 1. The molecule has 6 nitrogen and oxygen atoms in total. The van der Waals surface area contributed by atoms with Crippen LogP contribution in [0.3, 0.4) is 0 Å². The van der Waals surface area contributed by atoms with E-state index in [9.17, 15) is 0 Å². The zero-order chi connectivity index (χ0) is 14.3. The third-order valence-corrected chi connectivity index (χ3v) is 2.80. The molecule has 106 valence electrons. The zero-order valence-electron chi connectivity index (χ0n) is 11.8. The number of nitrogens with one attached hydrogen (secondary N) is 1. The van der Waals surface area contributed by atoms with Crippen LogP contribution in [0.1, 0.15) is 36.6 Å². The highest BCUT2D eigenvalue weighted by Crippen LogP contribution is 2.19. The fourth-order valence-electron chi connectivity index (χ4n) is 1.55. The molecule has 0 spiro atoms. The van der Waals surface area contributed by atoms with Crippen LogP contribution in [0.2, 0.25) is 0 Å². The van der Waals surface area contributed by atoms with E-state index in [1.54, 1.807) is 0 Å². The third-order valence-electron chi connectivity index (χ3n) is 2.80. The Hall–Kier alpha value is -1.69. The third kappa shape index (κ3) is 4.48. The van der Waals surface area contributed by atoms with E-state index >= 15 is 0 Å². The number of amidine groups is 1. The van der Waals surface area contributed by atoms with Crippen molar-refractivity contribution < 1.29 is 9.47 Å². The Bertz CT molecular complexity index is 435. The van der Waals surface area contributed by atoms with Crippen molar-refractivity contribution in [2.45, 2.75) is 33.6 Å². The molecule has 0 amide bonds. The van der Waals surface area contributed by atoms with Crippen molar-refractivity contribution in [1.82, 2.24) is 10.2 Å². The lowest BCUT2D eigenvalue weighted by atomic mass is 10.1. The summed E-state index contributed by atoms with van der Waals surface area (Å²) in [5.74, 6) is 0.243. The van der Waals surface area contributed by atoms with Crippen LogP contribution in [0.15, 0.2) is 0 Å². The average Bonchev–Trinajstić information content (AvgIpc) is 2.37. The van der Waals surface area contributed by atoms with E-state index < -0.39 is 0 Å². The van der Waals surface area contributed by atoms with Gasteiger partial charge in [0.1, 0.15) is 12.4 Å². The lowest BCUT2D eigenvalue weighted by Gasteiger charge is -2.12. The van der Waals surface area contributed by atoms with E-state index in [1.807, 2.05) is 13.8 Å². The summed E-state index contributed by atoms with van der Waals surface area (Å²) in [7, 11) is 0. The van der Waals surface area contributed by atoms with Gasteiger partial charge in [0.05, 0.1) is 17.9 Å². The fourth-order valence-corrected chi connectivity index (χ4v) is 1.55. The van der Waals surface area contributed by atoms with Crippen molar-refractivity contribution in [2.75, 3.05) is 19.8 Å². The first-order valence-electron chi connectivity index (χ1n) is 6.46. The predicted octanol–water partition coefficient (Wildman–Crippen LogP) is 1.57. The molecule has 0 saturated carbocycles. The molecule has 19 heavy (non-hydrogen) atoms. The molecular formula is C13H22N4O2. The molecule has 0 aliphatic rings. The molecule has 0 bridgehead atoms. The Kier molecular flexibility index (Phi) is 6.21. The number of hydrogen-bond acceptors (Lipinski definition) is 5. The number of hydrogen-bond donors (Lipinski definition) is 2. The van der Waals surface area contributed by atoms with Gasteiger partial charge in [-0.25, -0.2) is 0 Å². The summed E-state index contributed by atoms with van der Waals surface area (Å²) in [6, 6.07) is 0. The molecule has 3 N–H and O–H groups in total. The van der Waals surface area contributed by atoms with Crippen LogP contribution in [0.25, 0.3) is 0 Å². The summed E-state index contributed by atoms with van der Waals surface area (Å²) in [5.41, 5.74) is 7.64. The summed E-state index contributed by atoms with van der Waals surface area (Å²) >= 11 is 0. The molecule has 1 heterocycles. The van der Waals surface area contributed by atoms with E-state index in [1.165, 1.54) is 0 Å². The Morgan fingerprint density at radius 1 is 1.21 bits per heavy atom. The molecule has 0 radical (unpaired) electrons. The largest absolute Gasteiger partial charge is 0.474 e. The molecule has 0 aliphatic heterocycles. The van der Waals surface area contributed by atoms with Gasteiger partial charge in [-0.15, -0.1) is 5.10 Å². The number of nitrogen functional groups attached to an aromatic ring is 1. The first-order chi connectivity index (χ1) is 9.07. The number of aromatic nitrogens is 2. The van der Waals surface area contributed by atoms with Gasteiger partial charge >= 0.3 is 0 Å². The van der Waals surface area contributed by atoms with Gasteiger partial charge < -0.3 is 15.2 Å². The van der Waals surface area contributed by atoms with Crippen molar-refractivity contribution in [2.24, 2.45) is 5.73 Å². The zero-order valence-corrected chi connectivity index (χ0v) is 11.8. The molecule has 1 aromatic rings. The van der Waals surface area contributed by atoms with Gasteiger partial charge in [-0.3, -0.25) is 5.41 Å². The number of aryl methyl sites for hydroxylation is 1. The summed E-state index contributed by atoms with van der Waals surface area (Å²) in [5, 5.41) is 15.5. The highest BCUT2D eigenvalue weighted by molar-refractivity contribution is 5.98. The van der Waals surface area contributed by atoms with Crippen LogP contribution < -0.4 is 10.5 Å². The van der Waals surface area contributed by atoms with E-state index in [4.69, 9.17) is 20.6 Å². The molecule has 0 aliphatic carbocycles. The van der Waals surface area contributed by atoms with Gasteiger partial charge in [0, 0.05) is 6.61 Å². The van der Waals surface area contributed by atoms with Crippen molar-refractivity contribution in [3.8, 4) is 5.88 Å². The van der Waals surface area contributed by atoms with Crippen molar-refractivity contribution in [1.29, 1.82) is 5.41 Å². The summed E-state index contributed by atoms with van der Waals surface area (Å²) in [6.45, 7) is 7.40. The van der Waals surface area contributed by atoms with Crippen LogP contribution in [-0.2, 0) is 4.74 Å². The lowest BCUT2D eigenvalue weighted by Crippen LogP contribution is -2.19. The molecule has 1 aromatic heterocycles. The minimum Gasteiger partial charge on any atom is -0.474 e. The second kappa shape index (κ2) is 7.68. The first-order valence-corrected chi connectivity index (χ1v) is 6.46. The van der Waals surface area contributed by atoms with Crippen molar-refractivity contribution >= 4 is 5.84 Å². The second-order valence-electron chi connectivity index (χ2n) is 4.32. The molecule has 0 saturated heterocycles. The smallest absolute Gasteiger partial charge is 0.244 e. The molecule has 6 heteroatoms. The molecule has 0 atom stereocenters. The summed E-state index contributed by atoms with van der Waals surface area (Å²) in [6.07, 6.45) is 2.15. The Balaban J connectivity index is 2.58. The number of ether oxygens (including phenoxy) is 2. The van der Waals surface area contributed by atoms with Crippen LogP contribution in [-0.4, -0.2) is 35.9 Å². The Labute approximate surface area is 113 Å². The molecule has 0 unspecified atom stereocenters. The minimum absolute atomic E-state index is 0.0580. The standard InChI is InChI=1S/C13H22N4O2/c1-4-5-6-18-7-8-19-13-11(12(14)15)9(2)10(3)16-17-13/h4-8H2,1-3H3,(H3,14,15). The second-order valence-corrected chi connectivity index (χ2v) is 4.32. The number of nitrogens with zero attached hydrogens (tertiary/aromatic N) is 2. The molecule has 1 rings (SSSR count). The first kappa shape index (κ1) is 15.4. The van der Waals surface area contributed by atoms with Crippen LogP contribution in [0.5, 0.6) is 5.88 Å². The topological polar surface area (TPSA) is 94.1 Å². The SMILES string of the molecule is CCCCOCCOc1nnc(C)c(C)c1C(=N)N. The maximum atomic E-state index is 7.58. The molecule has 0 fully saturated rings. The predicted molar refractivity (Wildman–Crippen MR) is 73.7 cm³/mol. The minimum atomic E-state index is -0.0580. The van der Waals surface area contributed by atoms with Crippen LogP contribution in [0, 0.1) is 19.3 Å². The van der Waals surface area contributed by atoms with Gasteiger partial charge in [-0.2, -0.15) is 5.10 Å². The molecule has 0 aromatic carbocycles. The average molecular weight is 266 g/mol. The normalized spacial score (nSPS) is 10.5. The molecular weight excluding hydrogens is 244 g/mol. The Morgan fingerprint density at radius 2 is 1.95 bits per heavy atom. The number of rotatable bonds is 8. The van der Waals surface area contributed by atoms with Crippen LogP contribution >= 0.6 is 0 Å². The number of nitrogens with two attached hydrogens (primary N) is 1. The van der Waals surface area contributed by atoms with E-state index in [-0.39, 0.29) is 5.84 Å². The van der Waals surface area contributed by atoms with E-state index in [0.29, 0.717) is 24.7 Å². The Morgan fingerprint density at radius 3 is 2.58 bits per heavy atom. The van der Waals surface area contributed by atoms with Crippen LogP contribution in [0.4, 0.5) is 0 Å². The van der Waals surface area contributed by atoms with Gasteiger partial charge in [0.2, 0.25) is 5.88 Å². The lowest BCUT2D eigenvalue weighted by molar-refractivity contribution is 0.0960. The van der Waals surface area contributed by atoms with E-state index in [0.717, 1.165) is 30.7 Å². The summed E-state index contributed by atoms with van der Waals surface area (Å²) in [4.78, 5) is 0. The fraction of sp³-hybridized carbons (Fsp3) is 0.615. The maximum Gasteiger partial charge on any atom is 0.244 e. The van der Waals surface area contributed by atoms with Gasteiger partial charge in [-0.1, -0.05) is 13.3 Å². The highest BCUT2D eigenvalue weighted by Gasteiger charge is 2.14. The van der Waals surface area contributed by atoms with Gasteiger partial charge in [0.25, 0.3) is 0 Å². The van der Waals surface area contributed by atoms with Gasteiger partial charge in [0.15, 0.2) is 0 Å². The van der Waals surface area contributed by atoms with E-state index in [2.05, 4.69) is 17.1 Å². The maximum absolute atomic E-state index is 7.58. The summed E-state index contributed by atoms with van der Waals surface area (Å²) < 4.78 is 10.9. The monoisotopic (exact) mass is 266 g/mol. The van der Waals surface area contributed by atoms with Gasteiger partial charge in [-0.05, 0) is 25.8 Å².